The molecule has 0 saturated carbocycles. The standard InChI is InChI=1S/C14H19FO/c1-14(2,3)12-9-16-8-11(12)10-6-4-5-7-13(10)15/h4-7,11-12H,8-9H2,1-3H3/t11-,12+/m0/s1. The topological polar surface area (TPSA) is 9.23 Å². The highest BCUT2D eigenvalue weighted by molar-refractivity contribution is 5.24. The molecule has 1 fully saturated rings. The first-order valence-electron chi connectivity index (χ1n) is 5.82. The zero-order valence-electron chi connectivity index (χ0n) is 10.2. The normalized spacial score (nSPS) is 26.0. The number of rotatable bonds is 1. The van der Waals surface area contributed by atoms with E-state index in [2.05, 4.69) is 20.8 Å². The minimum atomic E-state index is -0.104. The fourth-order valence-corrected chi connectivity index (χ4v) is 2.49. The van der Waals surface area contributed by atoms with Crippen molar-refractivity contribution in [1.29, 1.82) is 0 Å². The van der Waals surface area contributed by atoms with Crippen molar-refractivity contribution in [1.82, 2.24) is 0 Å². The molecule has 1 aromatic carbocycles. The molecule has 0 unspecified atom stereocenters. The lowest BCUT2D eigenvalue weighted by Crippen LogP contribution is -2.26. The van der Waals surface area contributed by atoms with Gasteiger partial charge >= 0.3 is 0 Å². The molecular formula is C14H19FO. The van der Waals surface area contributed by atoms with E-state index in [4.69, 9.17) is 4.74 Å². The van der Waals surface area contributed by atoms with Gasteiger partial charge in [-0.1, -0.05) is 39.0 Å². The lowest BCUT2D eigenvalue weighted by Gasteiger charge is -2.31. The van der Waals surface area contributed by atoms with Crippen LogP contribution in [0.5, 0.6) is 0 Å². The molecule has 0 spiro atoms. The monoisotopic (exact) mass is 222 g/mol. The number of hydrogen-bond acceptors (Lipinski definition) is 1. The summed E-state index contributed by atoms with van der Waals surface area (Å²) in [4.78, 5) is 0. The highest BCUT2D eigenvalue weighted by atomic mass is 19.1. The predicted molar refractivity (Wildman–Crippen MR) is 62.9 cm³/mol. The maximum absolute atomic E-state index is 13.7. The van der Waals surface area contributed by atoms with Gasteiger partial charge in [0.1, 0.15) is 5.82 Å². The summed E-state index contributed by atoms with van der Waals surface area (Å²) in [6.45, 7) is 7.96. The molecule has 1 saturated heterocycles. The third-order valence-corrected chi connectivity index (χ3v) is 3.50. The first-order valence-corrected chi connectivity index (χ1v) is 5.82. The lowest BCUT2D eigenvalue weighted by molar-refractivity contribution is 0.152. The largest absolute Gasteiger partial charge is 0.380 e. The van der Waals surface area contributed by atoms with Crippen LogP contribution in [0.3, 0.4) is 0 Å². The van der Waals surface area contributed by atoms with Crippen LogP contribution in [0.4, 0.5) is 4.39 Å². The molecule has 0 aromatic heterocycles. The highest BCUT2D eigenvalue weighted by Gasteiger charge is 2.38. The van der Waals surface area contributed by atoms with Crippen molar-refractivity contribution in [3.8, 4) is 0 Å². The molecule has 1 aromatic rings. The molecule has 2 atom stereocenters. The number of ether oxygens (including phenoxy) is 1. The summed E-state index contributed by atoms with van der Waals surface area (Å²) < 4.78 is 19.3. The summed E-state index contributed by atoms with van der Waals surface area (Å²) in [5, 5.41) is 0. The quantitative estimate of drug-likeness (QED) is 0.705. The van der Waals surface area contributed by atoms with Gasteiger partial charge in [-0.3, -0.25) is 0 Å². The average Bonchev–Trinajstić information content (AvgIpc) is 2.66. The highest BCUT2D eigenvalue weighted by Crippen LogP contribution is 2.42. The van der Waals surface area contributed by atoms with Crippen molar-refractivity contribution in [3.05, 3.63) is 35.6 Å². The van der Waals surface area contributed by atoms with Gasteiger partial charge in [0.25, 0.3) is 0 Å². The van der Waals surface area contributed by atoms with E-state index < -0.39 is 0 Å². The van der Waals surface area contributed by atoms with Crippen LogP contribution in [0.15, 0.2) is 24.3 Å². The Morgan fingerprint density at radius 2 is 1.88 bits per heavy atom. The fourth-order valence-electron chi connectivity index (χ4n) is 2.49. The van der Waals surface area contributed by atoms with E-state index in [1.54, 1.807) is 6.07 Å². The molecule has 2 heteroatoms. The Hall–Kier alpha value is -0.890. The van der Waals surface area contributed by atoms with Gasteiger partial charge in [0.15, 0.2) is 0 Å². The second kappa shape index (κ2) is 4.17. The molecule has 0 bridgehead atoms. The first-order chi connectivity index (χ1) is 7.50. The summed E-state index contributed by atoms with van der Waals surface area (Å²) in [6, 6.07) is 7.05. The van der Waals surface area contributed by atoms with Gasteiger partial charge in [0.05, 0.1) is 13.2 Å². The van der Waals surface area contributed by atoms with Gasteiger partial charge in [0.2, 0.25) is 0 Å². The molecule has 2 rings (SSSR count). The van der Waals surface area contributed by atoms with Crippen LogP contribution in [-0.4, -0.2) is 13.2 Å². The van der Waals surface area contributed by atoms with E-state index in [-0.39, 0.29) is 17.2 Å². The van der Waals surface area contributed by atoms with Crippen molar-refractivity contribution in [3.63, 3.8) is 0 Å². The Labute approximate surface area is 96.6 Å². The van der Waals surface area contributed by atoms with E-state index in [0.29, 0.717) is 12.5 Å². The predicted octanol–water partition coefficient (Wildman–Crippen LogP) is 3.60. The van der Waals surface area contributed by atoms with Crippen molar-refractivity contribution >= 4 is 0 Å². The summed E-state index contributed by atoms with van der Waals surface area (Å²) in [6.07, 6.45) is 0. The minimum Gasteiger partial charge on any atom is -0.380 e. The average molecular weight is 222 g/mol. The maximum atomic E-state index is 13.7. The molecule has 1 aliphatic heterocycles. The van der Waals surface area contributed by atoms with Gasteiger partial charge in [0, 0.05) is 5.92 Å². The third-order valence-electron chi connectivity index (χ3n) is 3.50. The smallest absolute Gasteiger partial charge is 0.126 e. The summed E-state index contributed by atoms with van der Waals surface area (Å²) in [7, 11) is 0. The Morgan fingerprint density at radius 3 is 2.50 bits per heavy atom. The van der Waals surface area contributed by atoms with Crippen LogP contribution in [0.1, 0.15) is 32.3 Å². The van der Waals surface area contributed by atoms with E-state index in [0.717, 1.165) is 12.2 Å². The van der Waals surface area contributed by atoms with Crippen LogP contribution < -0.4 is 0 Å². The molecule has 0 amide bonds. The van der Waals surface area contributed by atoms with Crippen molar-refractivity contribution < 1.29 is 9.13 Å². The Bertz CT molecular complexity index is 367. The first kappa shape index (κ1) is 11.6. The van der Waals surface area contributed by atoms with Crippen molar-refractivity contribution in [2.24, 2.45) is 11.3 Å². The lowest BCUT2D eigenvalue weighted by atomic mass is 9.72. The van der Waals surface area contributed by atoms with E-state index in [1.165, 1.54) is 6.07 Å². The van der Waals surface area contributed by atoms with E-state index in [1.807, 2.05) is 12.1 Å². The van der Waals surface area contributed by atoms with Crippen LogP contribution in [0.25, 0.3) is 0 Å². The van der Waals surface area contributed by atoms with E-state index in [9.17, 15) is 4.39 Å². The third kappa shape index (κ3) is 2.12. The molecular weight excluding hydrogens is 203 g/mol. The molecule has 16 heavy (non-hydrogen) atoms. The molecule has 0 radical (unpaired) electrons. The zero-order chi connectivity index (χ0) is 11.8. The van der Waals surface area contributed by atoms with Crippen LogP contribution in [0, 0.1) is 17.2 Å². The maximum Gasteiger partial charge on any atom is 0.126 e. The van der Waals surface area contributed by atoms with E-state index >= 15 is 0 Å². The van der Waals surface area contributed by atoms with Gasteiger partial charge < -0.3 is 4.74 Å². The van der Waals surface area contributed by atoms with Crippen LogP contribution in [-0.2, 0) is 4.74 Å². The number of hydrogen-bond donors (Lipinski definition) is 0. The van der Waals surface area contributed by atoms with Crippen LogP contribution in [0.2, 0.25) is 0 Å². The molecule has 1 heterocycles. The van der Waals surface area contributed by atoms with Gasteiger partial charge in [-0.15, -0.1) is 0 Å². The van der Waals surface area contributed by atoms with Gasteiger partial charge in [-0.2, -0.15) is 0 Å². The summed E-state index contributed by atoms with van der Waals surface area (Å²) >= 11 is 0. The molecule has 1 nitrogen and oxygen atoms in total. The minimum absolute atomic E-state index is 0.104. The van der Waals surface area contributed by atoms with Crippen LogP contribution >= 0.6 is 0 Å². The Kier molecular flexibility index (Phi) is 3.02. The zero-order valence-corrected chi connectivity index (χ0v) is 10.2. The second-order valence-electron chi connectivity index (χ2n) is 5.64. The number of benzene rings is 1. The summed E-state index contributed by atoms with van der Waals surface area (Å²) in [5.41, 5.74) is 0.962. The SMILES string of the molecule is CC(C)(C)[C@@H]1COC[C@H]1c1ccccc1F. The van der Waals surface area contributed by atoms with Gasteiger partial charge in [-0.05, 0) is 23.0 Å². The number of halogens is 1. The second-order valence-corrected chi connectivity index (χ2v) is 5.64. The molecule has 88 valence electrons. The fraction of sp³-hybridized carbons (Fsp3) is 0.571. The molecule has 0 aliphatic carbocycles. The van der Waals surface area contributed by atoms with Crippen molar-refractivity contribution in [2.75, 3.05) is 13.2 Å². The van der Waals surface area contributed by atoms with Gasteiger partial charge in [-0.25, -0.2) is 4.39 Å². The Balaban J connectivity index is 2.31. The Morgan fingerprint density at radius 1 is 1.19 bits per heavy atom. The molecule has 0 N–H and O–H groups in total. The molecule has 1 aliphatic rings. The summed E-state index contributed by atoms with van der Waals surface area (Å²) in [5.74, 6) is 0.484. The van der Waals surface area contributed by atoms with Crippen molar-refractivity contribution in [2.45, 2.75) is 26.7 Å².